The van der Waals surface area contributed by atoms with Crippen LogP contribution < -0.4 is 23.8 Å². The van der Waals surface area contributed by atoms with E-state index < -0.39 is 15.9 Å². The average Bonchev–Trinajstić information content (AvgIpc) is 2.74. The number of aryl methyl sites for hydroxylation is 1. The molecule has 0 unspecified atom stereocenters. The number of carbonyl (C=O) groups is 1. The predicted octanol–water partition coefficient (Wildman–Crippen LogP) is 2.23. The minimum Gasteiger partial charge on any atom is -0.497 e. The van der Waals surface area contributed by atoms with E-state index >= 15 is 0 Å². The minimum absolute atomic E-state index is 0.272. The molecular weight excluding hydrogens is 408 g/mol. The molecule has 0 bridgehead atoms. The van der Waals surface area contributed by atoms with E-state index in [-0.39, 0.29) is 12.2 Å². The summed E-state index contributed by atoms with van der Waals surface area (Å²) < 4.78 is 41.2. The standard InChI is InChI=1S/C21H28N2O6S/c1-27-17-9-7-16(8-10-17)6-5-13-22-21(24)15-23(30(4,25)26)19-12-11-18(28-2)14-20(19)29-3/h7-12,14H,5-6,13,15H2,1-4H3,(H,22,24). The molecule has 0 saturated heterocycles. The first-order valence-electron chi connectivity index (χ1n) is 9.38. The number of sulfonamides is 1. The Bertz CT molecular complexity index is 944. The van der Waals surface area contributed by atoms with Crippen molar-refractivity contribution in [3.05, 3.63) is 48.0 Å². The summed E-state index contributed by atoms with van der Waals surface area (Å²) in [5, 5.41) is 2.77. The normalized spacial score (nSPS) is 10.9. The van der Waals surface area contributed by atoms with Crippen LogP contribution in [0.15, 0.2) is 42.5 Å². The lowest BCUT2D eigenvalue weighted by molar-refractivity contribution is -0.119. The largest absolute Gasteiger partial charge is 0.497 e. The molecule has 164 valence electrons. The zero-order valence-electron chi connectivity index (χ0n) is 17.7. The number of hydrogen-bond acceptors (Lipinski definition) is 6. The quantitative estimate of drug-likeness (QED) is 0.543. The number of nitrogens with one attached hydrogen (secondary N) is 1. The maximum Gasteiger partial charge on any atom is 0.240 e. The molecule has 1 N–H and O–H groups in total. The lowest BCUT2D eigenvalue weighted by Crippen LogP contribution is -2.40. The highest BCUT2D eigenvalue weighted by Gasteiger charge is 2.24. The molecule has 0 radical (unpaired) electrons. The molecule has 2 rings (SSSR count). The molecule has 0 aliphatic carbocycles. The molecule has 0 heterocycles. The molecule has 1 amide bonds. The SMILES string of the molecule is COc1ccc(CCCNC(=O)CN(c2ccc(OC)cc2OC)S(C)(=O)=O)cc1. The van der Waals surface area contributed by atoms with Gasteiger partial charge in [-0.05, 0) is 42.7 Å². The van der Waals surface area contributed by atoms with Crippen LogP contribution in [0.2, 0.25) is 0 Å². The van der Waals surface area contributed by atoms with Gasteiger partial charge in [-0.25, -0.2) is 8.42 Å². The van der Waals surface area contributed by atoms with E-state index in [0.29, 0.717) is 18.0 Å². The Morgan fingerprint density at radius 3 is 2.17 bits per heavy atom. The number of hydrogen-bond donors (Lipinski definition) is 1. The second-order valence-corrected chi connectivity index (χ2v) is 8.52. The summed E-state index contributed by atoms with van der Waals surface area (Å²) in [6.45, 7) is 0.0896. The van der Waals surface area contributed by atoms with Crippen molar-refractivity contribution >= 4 is 21.6 Å². The number of methoxy groups -OCH3 is 3. The van der Waals surface area contributed by atoms with Crippen molar-refractivity contribution in [1.29, 1.82) is 0 Å². The molecule has 0 aromatic heterocycles. The van der Waals surface area contributed by atoms with Crippen LogP contribution >= 0.6 is 0 Å². The third kappa shape index (κ3) is 6.55. The number of carbonyl (C=O) groups excluding carboxylic acids is 1. The van der Waals surface area contributed by atoms with Crippen LogP contribution in [-0.4, -0.2) is 55.0 Å². The fourth-order valence-corrected chi connectivity index (χ4v) is 3.73. The number of nitrogens with zero attached hydrogens (tertiary/aromatic N) is 1. The smallest absolute Gasteiger partial charge is 0.240 e. The van der Waals surface area contributed by atoms with Crippen LogP contribution in [0, 0.1) is 0 Å². The van der Waals surface area contributed by atoms with Gasteiger partial charge in [0, 0.05) is 12.6 Å². The molecule has 9 heteroatoms. The van der Waals surface area contributed by atoms with Gasteiger partial charge in [0.2, 0.25) is 15.9 Å². The van der Waals surface area contributed by atoms with E-state index in [9.17, 15) is 13.2 Å². The van der Waals surface area contributed by atoms with Crippen LogP contribution in [0.1, 0.15) is 12.0 Å². The van der Waals surface area contributed by atoms with Crippen LogP contribution in [0.3, 0.4) is 0 Å². The first kappa shape index (κ1) is 23.3. The van der Waals surface area contributed by atoms with Gasteiger partial charge in [0.1, 0.15) is 23.8 Å². The summed E-state index contributed by atoms with van der Waals surface area (Å²) >= 11 is 0. The molecule has 0 fully saturated rings. The van der Waals surface area contributed by atoms with Crippen LogP contribution in [0.4, 0.5) is 5.69 Å². The Morgan fingerprint density at radius 1 is 0.967 bits per heavy atom. The topological polar surface area (TPSA) is 94.2 Å². The molecule has 0 saturated carbocycles. The number of anilines is 1. The van der Waals surface area contributed by atoms with Crippen LogP contribution in [-0.2, 0) is 21.2 Å². The van der Waals surface area contributed by atoms with Gasteiger partial charge in [0.25, 0.3) is 0 Å². The summed E-state index contributed by atoms with van der Waals surface area (Å²) in [6.07, 6.45) is 2.56. The molecule has 8 nitrogen and oxygen atoms in total. The number of rotatable bonds is 11. The van der Waals surface area contributed by atoms with E-state index in [2.05, 4.69) is 5.32 Å². The Morgan fingerprint density at radius 2 is 1.60 bits per heavy atom. The Hall–Kier alpha value is -2.94. The van der Waals surface area contributed by atoms with E-state index in [1.54, 1.807) is 25.3 Å². The summed E-state index contributed by atoms with van der Waals surface area (Å²) in [7, 11) is 0.842. The maximum absolute atomic E-state index is 12.4. The summed E-state index contributed by atoms with van der Waals surface area (Å²) in [5.74, 6) is 1.22. The van der Waals surface area contributed by atoms with Crippen molar-refractivity contribution in [2.24, 2.45) is 0 Å². The van der Waals surface area contributed by atoms with Gasteiger partial charge in [0.05, 0.1) is 33.3 Å². The summed E-state index contributed by atoms with van der Waals surface area (Å²) in [4.78, 5) is 12.4. The van der Waals surface area contributed by atoms with Crippen molar-refractivity contribution in [2.75, 3.05) is 45.0 Å². The molecule has 0 spiro atoms. The van der Waals surface area contributed by atoms with Gasteiger partial charge in [-0.15, -0.1) is 0 Å². The fourth-order valence-electron chi connectivity index (χ4n) is 2.87. The maximum atomic E-state index is 12.4. The van der Waals surface area contributed by atoms with Crippen molar-refractivity contribution in [3.8, 4) is 17.2 Å². The molecule has 0 atom stereocenters. The summed E-state index contributed by atoms with van der Waals surface area (Å²) in [6, 6.07) is 12.5. The predicted molar refractivity (Wildman–Crippen MR) is 116 cm³/mol. The van der Waals surface area contributed by atoms with Gasteiger partial charge in [-0.1, -0.05) is 12.1 Å². The van der Waals surface area contributed by atoms with Gasteiger partial charge in [-0.3, -0.25) is 9.10 Å². The van der Waals surface area contributed by atoms with Crippen molar-refractivity contribution in [3.63, 3.8) is 0 Å². The molecule has 2 aromatic carbocycles. The van der Waals surface area contributed by atoms with Crippen LogP contribution in [0.25, 0.3) is 0 Å². The van der Waals surface area contributed by atoms with Crippen molar-refractivity contribution in [1.82, 2.24) is 5.32 Å². The Balaban J connectivity index is 1.97. The van der Waals surface area contributed by atoms with E-state index in [1.165, 1.54) is 14.2 Å². The van der Waals surface area contributed by atoms with Gasteiger partial charge < -0.3 is 19.5 Å². The molecule has 30 heavy (non-hydrogen) atoms. The average molecular weight is 437 g/mol. The second-order valence-electron chi connectivity index (χ2n) is 6.61. The van der Waals surface area contributed by atoms with E-state index in [1.807, 2.05) is 24.3 Å². The Labute approximate surface area is 177 Å². The zero-order chi connectivity index (χ0) is 22.1. The molecule has 2 aromatic rings. The first-order valence-corrected chi connectivity index (χ1v) is 11.2. The zero-order valence-corrected chi connectivity index (χ0v) is 18.5. The minimum atomic E-state index is -3.71. The van der Waals surface area contributed by atoms with Crippen molar-refractivity contribution in [2.45, 2.75) is 12.8 Å². The summed E-state index contributed by atoms with van der Waals surface area (Å²) in [5.41, 5.74) is 1.40. The number of ether oxygens (including phenoxy) is 3. The monoisotopic (exact) mass is 436 g/mol. The lowest BCUT2D eigenvalue weighted by atomic mass is 10.1. The van der Waals surface area contributed by atoms with E-state index in [0.717, 1.165) is 34.7 Å². The third-order valence-corrected chi connectivity index (χ3v) is 5.59. The fraction of sp³-hybridized carbons (Fsp3) is 0.381. The highest BCUT2D eigenvalue weighted by Crippen LogP contribution is 2.33. The van der Waals surface area contributed by atoms with Gasteiger partial charge >= 0.3 is 0 Å². The molecular formula is C21H28N2O6S. The van der Waals surface area contributed by atoms with Crippen molar-refractivity contribution < 1.29 is 27.4 Å². The third-order valence-electron chi connectivity index (χ3n) is 4.47. The molecule has 0 aliphatic rings. The number of benzene rings is 2. The highest BCUT2D eigenvalue weighted by molar-refractivity contribution is 7.92. The Kier molecular flexibility index (Phi) is 8.35. The first-order chi connectivity index (χ1) is 14.3. The molecule has 0 aliphatic heterocycles. The van der Waals surface area contributed by atoms with Crippen LogP contribution in [0.5, 0.6) is 17.2 Å². The highest BCUT2D eigenvalue weighted by atomic mass is 32.2. The lowest BCUT2D eigenvalue weighted by Gasteiger charge is -2.24. The van der Waals surface area contributed by atoms with E-state index in [4.69, 9.17) is 14.2 Å². The van der Waals surface area contributed by atoms with Gasteiger partial charge in [-0.2, -0.15) is 0 Å². The van der Waals surface area contributed by atoms with Gasteiger partial charge in [0.15, 0.2) is 0 Å². The number of amides is 1. The second kappa shape index (κ2) is 10.7.